The Kier molecular flexibility index (Phi) is 1.50. The normalized spacial score (nSPS) is 26.0. The summed E-state index contributed by atoms with van der Waals surface area (Å²) < 4.78 is 0. The van der Waals surface area contributed by atoms with Gasteiger partial charge in [-0.3, -0.25) is 4.79 Å². The molecule has 0 bridgehead atoms. The van der Waals surface area contributed by atoms with E-state index in [1.54, 1.807) is 11.3 Å². The van der Waals surface area contributed by atoms with Crippen LogP contribution in [-0.2, 0) is 17.8 Å². The van der Waals surface area contributed by atoms with Crippen molar-refractivity contribution < 1.29 is 4.79 Å². The van der Waals surface area contributed by atoms with Crippen LogP contribution < -0.4 is 0 Å². The minimum atomic E-state index is 0.351. The zero-order chi connectivity index (χ0) is 8.84. The molecule has 2 nitrogen and oxygen atoms in total. The summed E-state index contributed by atoms with van der Waals surface area (Å²) in [5.41, 5.74) is 1.47. The highest BCUT2D eigenvalue weighted by atomic mass is 32.1. The first kappa shape index (κ1) is 7.56. The largest absolute Gasteiger partial charge is 0.334 e. The molecule has 1 atom stereocenters. The molecule has 2 aliphatic heterocycles. The van der Waals surface area contributed by atoms with Crippen molar-refractivity contribution in [3.05, 3.63) is 21.9 Å². The van der Waals surface area contributed by atoms with Gasteiger partial charge in [0.25, 0.3) is 0 Å². The summed E-state index contributed by atoms with van der Waals surface area (Å²) >= 11 is 1.78. The zero-order valence-electron chi connectivity index (χ0n) is 7.32. The Morgan fingerprint density at radius 2 is 2.46 bits per heavy atom. The summed E-state index contributed by atoms with van der Waals surface area (Å²) in [5.74, 6) is 0.351. The molecule has 0 aromatic carbocycles. The Bertz CT molecular complexity index is 358. The van der Waals surface area contributed by atoms with Crippen molar-refractivity contribution in [1.82, 2.24) is 4.90 Å². The molecule has 0 N–H and O–H groups in total. The van der Waals surface area contributed by atoms with Crippen LogP contribution in [0.15, 0.2) is 11.4 Å². The second-order valence-corrected chi connectivity index (χ2v) is 4.79. The Balaban J connectivity index is 1.98. The molecular weight excluding hydrogens is 182 g/mol. The third kappa shape index (κ3) is 1.03. The molecule has 3 rings (SSSR count). The van der Waals surface area contributed by atoms with E-state index in [0.29, 0.717) is 11.9 Å². The molecule has 1 amide bonds. The lowest BCUT2D eigenvalue weighted by Gasteiger charge is -2.29. The van der Waals surface area contributed by atoms with Crippen LogP contribution in [0.1, 0.15) is 23.3 Å². The van der Waals surface area contributed by atoms with Crippen LogP contribution in [0.25, 0.3) is 0 Å². The fourth-order valence-corrected chi connectivity index (χ4v) is 3.23. The summed E-state index contributed by atoms with van der Waals surface area (Å²) in [6.45, 7) is 0.872. The number of hydrogen-bond acceptors (Lipinski definition) is 2. The summed E-state index contributed by atoms with van der Waals surface area (Å²) in [4.78, 5) is 14.9. The van der Waals surface area contributed by atoms with Gasteiger partial charge in [-0.15, -0.1) is 11.3 Å². The number of thiophene rings is 1. The lowest BCUT2D eigenvalue weighted by Crippen LogP contribution is -2.37. The fraction of sp³-hybridized carbons (Fsp3) is 0.500. The number of nitrogens with zero attached hydrogens (tertiary/aromatic N) is 1. The van der Waals surface area contributed by atoms with Crippen LogP contribution in [0.2, 0.25) is 0 Å². The second kappa shape index (κ2) is 2.58. The van der Waals surface area contributed by atoms with Crippen molar-refractivity contribution in [2.45, 2.75) is 31.8 Å². The van der Waals surface area contributed by atoms with Gasteiger partial charge in [-0.2, -0.15) is 0 Å². The maximum Gasteiger partial charge on any atom is 0.223 e. The first-order valence-corrected chi connectivity index (χ1v) is 5.57. The molecule has 0 radical (unpaired) electrons. The van der Waals surface area contributed by atoms with Gasteiger partial charge in [0.05, 0.1) is 6.54 Å². The summed E-state index contributed by atoms with van der Waals surface area (Å²) in [6.07, 6.45) is 2.91. The van der Waals surface area contributed by atoms with Gasteiger partial charge in [0.2, 0.25) is 5.91 Å². The zero-order valence-corrected chi connectivity index (χ0v) is 8.14. The number of rotatable bonds is 0. The molecule has 68 valence electrons. The van der Waals surface area contributed by atoms with E-state index in [1.165, 1.54) is 10.4 Å². The first-order chi connectivity index (χ1) is 6.34. The third-order valence-electron chi connectivity index (χ3n) is 3.06. The molecule has 1 saturated heterocycles. The Hall–Kier alpha value is -0.830. The molecule has 13 heavy (non-hydrogen) atoms. The SMILES string of the molecule is O=C1CCC2Cc3ccsc3CN12. The summed E-state index contributed by atoms with van der Waals surface area (Å²) in [5, 5.41) is 2.14. The topological polar surface area (TPSA) is 20.3 Å². The Morgan fingerprint density at radius 1 is 1.54 bits per heavy atom. The van der Waals surface area contributed by atoms with Gasteiger partial charge in [-0.05, 0) is 29.9 Å². The Labute approximate surface area is 81.2 Å². The van der Waals surface area contributed by atoms with Crippen LogP contribution in [0.3, 0.4) is 0 Å². The number of carbonyl (C=O) groups is 1. The number of hydrogen-bond donors (Lipinski definition) is 0. The van der Waals surface area contributed by atoms with Crippen molar-refractivity contribution in [2.24, 2.45) is 0 Å². The van der Waals surface area contributed by atoms with E-state index >= 15 is 0 Å². The maximum absolute atomic E-state index is 11.5. The third-order valence-corrected chi connectivity index (χ3v) is 4.01. The highest BCUT2D eigenvalue weighted by molar-refractivity contribution is 7.10. The predicted octanol–water partition coefficient (Wildman–Crippen LogP) is 1.80. The quantitative estimate of drug-likeness (QED) is 0.615. The van der Waals surface area contributed by atoms with E-state index in [4.69, 9.17) is 0 Å². The van der Waals surface area contributed by atoms with Crippen molar-refractivity contribution >= 4 is 17.2 Å². The highest BCUT2D eigenvalue weighted by Crippen LogP contribution is 2.33. The second-order valence-electron chi connectivity index (χ2n) is 3.79. The van der Waals surface area contributed by atoms with Crippen LogP contribution in [0.5, 0.6) is 0 Å². The van der Waals surface area contributed by atoms with Crippen LogP contribution in [0.4, 0.5) is 0 Å². The average molecular weight is 193 g/mol. The molecule has 1 aromatic heterocycles. The molecule has 0 saturated carbocycles. The summed E-state index contributed by atoms with van der Waals surface area (Å²) in [7, 11) is 0. The van der Waals surface area contributed by atoms with E-state index in [-0.39, 0.29) is 0 Å². The smallest absolute Gasteiger partial charge is 0.223 e. The Morgan fingerprint density at radius 3 is 3.38 bits per heavy atom. The van der Waals surface area contributed by atoms with Crippen molar-refractivity contribution in [3.8, 4) is 0 Å². The van der Waals surface area contributed by atoms with E-state index < -0.39 is 0 Å². The van der Waals surface area contributed by atoms with Gasteiger partial charge in [0.15, 0.2) is 0 Å². The van der Waals surface area contributed by atoms with Gasteiger partial charge in [-0.1, -0.05) is 0 Å². The van der Waals surface area contributed by atoms with Gasteiger partial charge in [-0.25, -0.2) is 0 Å². The fourth-order valence-electron chi connectivity index (χ4n) is 2.32. The molecule has 2 aliphatic rings. The first-order valence-electron chi connectivity index (χ1n) is 4.69. The van der Waals surface area contributed by atoms with Gasteiger partial charge in [0.1, 0.15) is 0 Å². The molecular formula is C10H11NOS. The van der Waals surface area contributed by atoms with Crippen LogP contribution >= 0.6 is 11.3 Å². The highest BCUT2D eigenvalue weighted by Gasteiger charge is 2.35. The summed E-state index contributed by atoms with van der Waals surface area (Å²) in [6, 6.07) is 2.72. The van der Waals surface area contributed by atoms with Crippen molar-refractivity contribution in [2.75, 3.05) is 0 Å². The average Bonchev–Trinajstić information content (AvgIpc) is 2.70. The van der Waals surface area contributed by atoms with E-state index in [0.717, 1.165) is 25.8 Å². The maximum atomic E-state index is 11.5. The minimum absolute atomic E-state index is 0.351. The monoisotopic (exact) mass is 193 g/mol. The van der Waals surface area contributed by atoms with Gasteiger partial charge < -0.3 is 4.90 Å². The lowest BCUT2D eigenvalue weighted by molar-refractivity contribution is -0.129. The molecule has 1 fully saturated rings. The molecule has 0 aliphatic carbocycles. The van der Waals surface area contributed by atoms with Crippen molar-refractivity contribution in [1.29, 1.82) is 0 Å². The molecule has 0 spiro atoms. The van der Waals surface area contributed by atoms with E-state index in [1.807, 2.05) is 0 Å². The molecule has 1 unspecified atom stereocenters. The number of amides is 1. The molecule has 1 aromatic rings. The van der Waals surface area contributed by atoms with Gasteiger partial charge >= 0.3 is 0 Å². The van der Waals surface area contributed by atoms with Crippen LogP contribution in [-0.4, -0.2) is 16.8 Å². The number of carbonyl (C=O) groups excluding carboxylic acids is 1. The van der Waals surface area contributed by atoms with Crippen molar-refractivity contribution in [3.63, 3.8) is 0 Å². The minimum Gasteiger partial charge on any atom is -0.334 e. The van der Waals surface area contributed by atoms with E-state index in [2.05, 4.69) is 16.3 Å². The van der Waals surface area contributed by atoms with Crippen LogP contribution in [0, 0.1) is 0 Å². The van der Waals surface area contributed by atoms with E-state index in [9.17, 15) is 4.79 Å². The standard InChI is InChI=1S/C10H11NOS/c12-10-2-1-8-5-7-3-4-13-9(7)6-11(8)10/h3-4,8H,1-2,5-6H2. The van der Waals surface area contributed by atoms with Gasteiger partial charge in [0, 0.05) is 17.3 Å². The molecule has 3 heterocycles. The lowest BCUT2D eigenvalue weighted by atomic mass is 10.0. The predicted molar refractivity (Wildman–Crippen MR) is 51.6 cm³/mol. The number of fused-ring (bicyclic) bond motifs is 2. The molecule has 3 heteroatoms.